The summed E-state index contributed by atoms with van der Waals surface area (Å²) >= 11 is 0. The van der Waals surface area contributed by atoms with E-state index >= 15 is 0 Å². The second-order valence-corrected chi connectivity index (χ2v) is 9.38. The number of benzene rings is 4. The van der Waals surface area contributed by atoms with E-state index in [1.54, 1.807) is 0 Å². The minimum atomic E-state index is -4.90. The fourth-order valence-corrected chi connectivity index (χ4v) is 4.75. The van der Waals surface area contributed by atoms with Crippen molar-refractivity contribution in [3.8, 4) is 11.5 Å². The Hall–Kier alpha value is -1.09. The Kier molecular flexibility index (Phi) is 12.7. The van der Waals surface area contributed by atoms with E-state index in [2.05, 4.69) is 10.2 Å². The molecule has 176 valence electrons. The van der Waals surface area contributed by atoms with Gasteiger partial charge < -0.3 is 24.8 Å². The summed E-state index contributed by atoms with van der Waals surface area (Å²) < 4.78 is 69.3. The van der Waals surface area contributed by atoms with Crippen LogP contribution < -0.4 is 59.1 Å². The van der Waals surface area contributed by atoms with Gasteiger partial charge in [-0.05, 0) is 17.5 Å². The number of rotatable bonds is 4. The largest absolute Gasteiger partial charge is 2.00 e. The number of aromatic hydroxyl groups is 2. The van der Waals surface area contributed by atoms with Crippen LogP contribution in [0.2, 0.25) is 0 Å². The van der Waals surface area contributed by atoms with Gasteiger partial charge >= 0.3 is 76.5 Å². The molecule has 0 aliphatic heterocycles. The molecule has 4 N–H and O–H groups in total. The van der Waals surface area contributed by atoms with Crippen LogP contribution in [0.3, 0.4) is 0 Å². The van der Waals surface area contributed by atoms with Crippen LogP contribution in [0.25, 0.3) is 21.5 Å². The van der Waals surface area contributed by atoms with Gasteiger partial charge in [-0.25, -0.2) is 16.8 Å². The van der Waals surface area contributed by atoms with Gasteiger partial charge in [-0.2, -0.15) is 0 Å². The predicted molar refractivity (Wildman–Crippen MR) is 115 cm³/mol. The summed E-state index contributed by atoms with van der Waals surface area (Å²) in [6.07, 6.45) is 0. The van der Waals surface area contributed by atoms with Gasteiger partial charge in [-0.15, -0.1) is 10.2 Å². The molecule has 0 aromatic heterocycles. The van der Waals surface area contributed by atoms with Crippen LogP contribution >= 0.6 is 0 Å². The first kappa shape index (κ1) is 34.9. The Bertz CT molecular complexity index is 1670. The predicted octanol–water partition coefficient (Wildman–Crippen LogP) is -3.19. The van der Waals surface area contributed by atoms with Crippen molar-refractivity contribution in [1.29, 1.82) is 0 Å². The minimum Gasteiger partial charge on any atom is -0.744 e. The maximum Gasteiger partial charge on any atom is 2.00 e. The van der Waals surface area contributed by atoms with Gasteiger partial charge in [0, 0.05) is 22.2 Å². The molecule has 0 spiro atoms. The molecule has 36 heavy (non-hydrogen) atoms. The molecule has 0 radical (unpaired) electrons. The Labute approximate surface area is 260 Å². The third-order valence-electron chi connectivity index (χ3n) is 4.71. The molecule has 0 heterocycles. The van der Waals surface area contributed by atoms with E-state index in [0.29, 0.717) is 0 Å². The van der Waals surface area contributed by atoms with Crippen molar-refractivity contribution in [3.63, 3.8) is 0 Å². The normalized spacial score (nSPS) is 11.3. The molecule has 0 amide bonds. The molecular weight excluding hydrogens is 574 g/mol. The number of phenolic OH excluding ortho intramolecular Hbond substituents is 2. The maximum atomic E-state index is 11.6. The summed E-state index contributed by atoms with van der Waals surface area (Å²) in [6.45, 7) is 0. The zero-order chi connectivity index (χ0) is 23.3. The van der Waals surface area contributed by atoms with Crippen molar-refractivity contribution in [2.75, 3.05) is 0 Å². The first-order chi connectivity index (χ1) is 15.0. The molecule has 0 bridgehead atoms. The number of phenols is 2. The van der Waals surface area contributed by atoms with Crippen LogP contribution in [0.4, 0.5) is 11.4 Å². The van der Waals surface area contributed by atoms with Crippen molar-refractivity contribution in [2.24, 2.45) is 10.2 Å². The first-order valence-corrected chi connectivity index (χ1v) is 11.6. The van der Waals surface area contributed by atoms with Crippen molar-refractivity contribution < 1.29 is 118 Å². The summed E-state index contributed by atoms with van der Waals surface area (Å²) in [5.74, 6) is -1.27. The number of hydrogen-bond acceptors (Lipinski definition) is 10. The monoisotopic (exact) mass is 588 g/mol. The van der Waals surface area contributed by atoms with Crippen LogP contribution in [0.5, 0.6) is 11.5 Å². The van der Waals surface area contributed by atoms with E-state index < -0.39 is 41.5 Å². The van der Waals surface area contributed by atoms with Gasteiger partial charge in [0.25, 0.3) is 0 Å². The zero-order valence-electron chi connectivity index (χ0n) is 18.7. The van der Waals surface area contributed by atoms with E-state index in [9.17, 15) is 36.2 Å². The van der Waals surface area contributed by atoms with Crippen molar-refractivity contribution >= 4 is 53.2 Å². The van der Waals surface area contributed by atoms with E-state index in [1.807, 2.05) is 0 Å². The zero-order valence-corrected chi connectivity index (χ0v) is 25.6. The molecule has 11 nitrogen and oxygen atoms in total. The number of nitrogens with zero attached hydrogens (tertiary/aromatic N) is 2. The quantitative estimate of drug-likeness (QED) is 0.141. The van der Waals surface area contributed by atoms with Gasteiger partial charge in [-0.1, -0.05) is 42.5 Å². The van der Waals surface area contributed by atoms with Crippen molar-refractivity contribution in [1.82, 2.24) is 0 Å². The Morgan fingerprint density at radius 3 is 1.89 bits per heavy atom. The van der Waals surface area contributed by atoms with Crippen LogP contribution in [0, 0.1) is 0 Å². The number of hydrogen-bond donors (Lipinski definition) is 2. The van der Waals surface area contributed by atoms with Gasteiger partial charge in [0.1, 0.15) is 37.4 Å². The molecule has 0 saturated heterocycles. The molecule has 0 saturated carbocycles. The Morgan fingerprint density at radius 2 is 1.31 bits per heavy atom. The van der Waals surface area contributed by atoms with Crippen molar-refractivity contribution in [2.45, 2.75) is 9.79 Å². The molecule has 4 aromatic rings. The standard InChI is InChI=1S/C20H14N2O8S2.Cr.2Na.H2O/c23-15-10-17(32(28,29)30)12-5-1-2-6-13(12)19(15)22-21-14-9-8-11-4-3-7-16(31(25,26)27)18(11)20(14)24;;;;/h1-10,23-24H,(H,25,26,27)(H,28,29,30);;;;1H2/q;+2;2*+1;/p-2. The maximum absolute atomic E-state index is 11.6. The van der Waals surface area contributed by atoms with Crippen LogP contribution in [-0.2, 0) is 37.6 Å². The SMILES string of the molecule is O.O=S(=O)([O-])c1cc(O)c(N=Nc2ccc3cccc(S(=O)(=O)[O-])c3c2O)c2ccccc12.[Cr+2].[Na+].[Na+]. The second-order valence-electron chi connectivity index (χ2n) is 6.68. The molecule has 0 unspecified atom stereocenters. The molecule has 4 aromatic carbocycles. The molecule has 0 aliphatic rings. The Balaban J connectivity index is 0.00000306. The minimum absolute atomic E-state index is 0. The van der Waals surface area contributed by atoms with Gasteiger partial charge in [-0.3, -0.25) is 0 Å². The summed E-state index contributed by atoms with van der Waals surface area (Å²) in [4.78, 5) is -1.27. The number of azo groups is 1. The van der Waals surface area contributed by atoms with E-state index in [1.165, 1.54) is 48.5 Å². The van der Waals surface area contributed by atoms with E-state index in [4.69, 9.17) is 0 Å². The summed E-state index contributed by atoms with van der Waals surface area (Å²) in [5.41, 5.74) is -0.394. The summed E-state index contributed by atoms with van der Waals surface area (Å²) in [5, 5.41) is 28.7. The topological polar surface area (TPSA) is 211 Å². The number of fused-ring (bicyclic) bond motifs is 2. The molecule has 0 fully saturated rings. The van der Waals surface area contributed by atoms with Gasteiger partial charge in [0.15, 0.2) is 5.75 Å². The first-order valence-electron chi connectivity index (χ1n) is 8.81. The Morgan fingerprint density at radius 1 is 0.722 bits per heavy atom. The van der Waals surface area contributed by atoms with Crippen molar-refractivity contribution in [3.05, 3.63) is 60.7 Å². The van der Waals surface area contributed by atoms with Crippen LogP contribution in [-0.4, -0.2) is 41.6 Å². The molecular formula is C20H14CrN2Na2O9S2+2. The van der Waals surface area contributed by atoms with Gasteiger partial charge in [0.05, 0.1) is 9.79 Å². The van der Waals surface area contributed by atoms with E-state index in [-0.39, 0.29) is 115 Å². The fraction of sp³-hybridized carbons (Fsp3) is 0. The fourth-order valence-electron chi connectivity index (χ4n) is 3.33. The third kappa shape index (κ3) is 6.86. The van der Waals surface area contributed by atoms with Gasteiger partial charge in [0.2, 0.25) is 0 Å². The molecule has 16 heteroatoms. The second kappa shape index (κ2) is 13.1. The van der Waals surface area contributed by atoms with Crippen LogP contribution in [0.1, 0.15) is 0 Å². The average Bonchev–Trinajstić information content (AvgIpc) is 2.72. The molecule has 4 rings (SSSR count). The summed E-state index contributed by atoms with van der Waals surface area (Å²) in [6, 6.07) is 13.2. The smallest absolute Gasteiger partial charge is 0.744 e. The van der Waals surface area contributed by atoms with E-state index in [0.717, 1.165) is 12.1 Å². The summed E-state index contributed by atoms with van der Waals surface area (Å²) in [7, 11) is -9.79. The average molecular weight is 588 g/mol. The van der Waals surface area contributed by atoms with Crippen LogP contribution in [0.15, 0.2) is 80.7 Å². The molecule has 0 aliphatic carbocycles. The third-order valence-corrected chi connectivity index (χ3v) is 6.47. The molecule has 0 atom stereocenters.